The molecule has 0 bridgehead atoms. The fourth-order valence-electron chi connectivity index (χ4n) is 1.49. The molecule has 1 amide bonds. The van der Waals surface area contributed by atoms with E-state index in [4.69, 9.17) is 16.7 Å². The van der Waals surface area contributed by atoms with Gasteiger partial charge in [-0.05, 0) is 23.6 Å². The monoisotopic (exact) mass is 269 g/mol. The number of rotatable bonds is 5. The van der Waals surface area contributed by atoms with Crippen molar-refractivity contribution in [3.63, 3.8) is 0 Å². The number of hydrogen-bond acceptors (Lipinski definition) is 2. The molecule has 98 valence electrons. The largest absolute Gasteiger partial charge is 0.478 e. The summed E-state index contributed by atoms with van der Waals surface area (Å²) >= 11 is 5.75. The van der Waals surface area contributed by atoms with Crippen LogP contribution in [-0.2, 0) is 11.3 Å². The summed E-state index contributed by atoms with van der Waals surface area (Å²) in [6.45, 7) is 4.23. The van der Waals surface area contributed by atoms with E-state index in [0.717, 1.165) is 0 Å². The number of hydrogen-bond donors (Lipinski definition) is 2. The first-order valence-corrected chi connectivity index (χ1v) is 6.06. The molecule has 0 spiro atoms. The van der Waals surface area contributed by atoms with Gasteiger partial charge in [0.25, 0.3) is 0 Å². The van der Waals surface area contributed by atoms with E-state index in [9.17, 15) is 9.59 Å². The summed E-state index contributed by atoms with van der Waals surface area (Å²) in [4.78, 5) is 22.3. The molecule has 0 atom stereocenters. The van der Waals surface area contributed by atoms with E-state index in [1.54, 1.807) is 6.07 Å². The van der Waals surface area contributed by atoms with Crippen LogP contribution >= 0.6 is 11.6 Å². The number of carbonyl (C=O) groups excluding carboxylic acids is 1. The molecule has 0 saturated carbocycles. The molecular formula is C13H16ClNO3. The summed E-state index contributed by atoms with van der Waals surface area (Å²) in [5.74, 6) is -0.822. The van der Waals surface area contributed by atoms with E-state index >= 15 is 0 Å². The molecule has 2 N–H and O–H groups in total. The lowest BCUT2D eigenvalue weighted by Gasteiger charge is -2.08. The first-order chi connectivity index (χ1) is 8.40. The molecule has 0 aliphatic rings. The summed E-state index contributed by atoms with van der Waals surface area (Å²) in [5.41, 5.74) is 0.765. The summed E-state index contributed by atoms with van der Waals surface area (Å²) in [5, 5.41) is 11.8. The lowest BCUT2D eigenvalue weighted by molar-refractivity contribution is -0.121. The zero-order valence-electron chi connectivity index (χ0n) is 10.4. The number of nitrogens with one attached hydrogen (secondary N) is 1. The highest BCUT2D eigenvalue weighted by Gasteiger charge is 2.10. The molecule has 0 aromatic heterocycles. The van der Waals surface area contributed by atoms with E-state index < -0.39 is 5.97 Å². The van der Waals surface area contributed by atoms with Crippen LogP contribution in [0.15, 0.2) is 18.2 Å². The minimum absolute atomic E-state index is 0.0446. The molecule has 0 unspecified atom stereocenters. The Balaban J connectivity index is 2.66. The van der Waals surface area contributed by atoms with Gasteiger partial charge in [0, 0.05) is 13.0 Å². The number of amides is 1. The van der Waals surface area contributed by atoms with Crippen LogP contribution in [0.3, 0.4) is 0 Å². The summed E-state index contributed by atoms with van der Waals surface area (Å²) in [6, 6.07) is 4.69. The van der Waals surface area contributed by atoms with Crippen molar-refractivity contribution in [2.45, 2.75) is 26.8 Å². The van der Waals surface area contributed by atoms with E-state index in [1.807, 2.05) is 13.8 Å². The van der Waals surface area contributed by atoms with Gasteiger partial charge < -0.3 is 10.4 Å². The number of aromatic carboxylic acids is 1. The van der Waals surface area contributed by atoms with Crippen molar-refractivity contribution in [1.82, 2.24) is 5.32 Å². The highest BCUT2D eigenvalue weighted by atomic mass is 35.5. The molecule has 1 rings (SSSR count). The molecule has 5 heteroatoms. The van der Waals surface area contributed by atoms with Gasteiger partial charge in [0.05, 0.1) is 10.6 Å². The molecule has 0 fully saturated rings. The second-order valence-electron chi connectivity index (χ2n) is 4.49. The van der Waals surface area contributed by atoms with Crippen molar-refractivity contribution >= 4 is 23.5 Å². The molecule has 18 heavy (non-hydrogen) atoms. The zero-order chi connectivity index (χ0) is 13.7. The van der Waals surface area contributed by atoms with Crippen molar-refractivity contribution in [3.05, 3.63) is 34.3 Å². The predicted molar refractivity (Wildman–Crippen MR) is 69.7 cm³/mol. The Kier molecular flexibility index (Phi) is 5.16. The van der Waals surface area contributed by atoms with Gasteiger partial charge in [-0.3, -0.25) is 4.79 Å². The van der Waals surface area contributed by atoms with Gasteiger partial charge in [0.2, 0.25) is 5.91 Å². The Hall–Kier alpha value is -1.55. The number of halogens is 1. The first-order valence-electron chi connectivity index (χ1n) is 5.68. The average molecular weight is 270 g/mol. The fraction of sp³-hybridized carbons (Fsp3) is 0.385. The van der Waals surface area contributed by atoms with Crippen LogP contribution in [0.5, 0.6) is 0 Å². The topological polar surface area (TPSA) is 66.4 Å². The Morgan fingerprint density at radius 1 is 1.39 bits per heavy atom. The Bertz CT molecular complexity index is 458. The molecule has 0 heterocycles. The summed E-state index contributed by atoms with van der Waals surface area (Å²) < 4.78 is 0. The van der Waals surface area contributed by atoms with Crippen molar-refractivity contribution in [2.75, 3.05) is 0 Å². The Morgan fingerprint density at radius 3 is 2.61 bits per heavy atom. The van der Waals surface area contributed by atoms with Crippen molar-refractivity contribution < 1.29 is 14.7 Å². The van der Waals surface area contributed by atoms with Crippen molar-refractivity contribution in [2.24, 2.45) is 5.92 Å². The predicted octanol–water partition coefficient (Wildman–Crippen LogP) is 2.70. The number of carboxylic acids is 1. The third-order valence-corrected chi connectivity index (χ3v) is 2.67. The van der Waals surface area contributed by atoms with Gasteiger partial charge in [0.1, 0.15) is 0 Å². The van der Waals surface area contributed by atoms with Gasteiger partial charge in [-0.1, -0.05) is 31.5 Å². The maximum absolute atomic E-state index is 11.5. The van der Waals surface area contributed by atoms with E-state index in [0.29, 0.717) is 24.4 Å². The minimum atomic E-state index is -1.07. The molecule has 1 aromatic rings. The van der Waals surface area contributed by atoms with Crippen LogP contribution in [0.2, 0.25) is 5.02 Å². The zero-order valence-corrected chi connectivity index (χ0v) is 11.1. The fourth-order valence-corrected chi connectivity index (χ4v) is 1.69. The summed E-state index contributed by atoms with van der Waals surface area (Å²) in [7, 11) is 0. The molecule has 0 aliphatic carbocycles. The number of carboxylic acid groups (broad SMARTS) is 1. The molecule has 4 nitrogen and oxygen atoms in total. The lowest BCUT2D eigenvalue weighted by Crippen LogP contribution is -2.24. The van der Waals surface area contributed by atoms with Crippen LogP contribution in [0, 0.1) is 5.92 Å². The first kappa shape index (κ1) is 14.5. The number of carbonyl (C=O) groups is 2. The highest BCUT2D eigenvalue weighted by Crippen LogP contribution is 2.17. The quantitative estimate of drug-likeness (QED) is 0.864. The van der Waals surface area contributed by atoms with Crippen LogP contribution in [0.25, 0.3) is 0 Å². The smallest absolute Gasteiger partial charge is 0.337 e. The maximum atomic E-state index is 11.5. The van der Waals surface area contributed by atoms with Crippen molar-refractivity contribution in [3.8, 4) is 0 Å². The third-order valence-electron chi connectivity index (χ3n) is 2.34. The van der Waals surface area contributed by atoms with Crippen LogP contribution in [0.4, 0.5) is 0 Å². The number of benzene rings is 1. The molecule has 1 aromatic carbocycles. The van der Waals surface area contributed by atoms with Gasteiger partial charge in [-0.25, -0.2) is 4.79 Å². The lowest BCUT2D eigenvalue weighted by atomic mass is 10.1. The van der Waals surface area contributed by atoms with Gasteiger partial charge in [-0.2, -0.15) is 0 Å². The Labute approximate surface area is 111 Å². The maximum Gasteiger partial charge on any atom is 0.337 e. The van der Waals surface area contributed by atoms with Crippen LogP contribution < -0.4 is 5.32 Å². The van der Waals surface area contributed by atoms with Crippen molar-refractivity contribution in [1.29, 1.82) is 0 Å². The molecule has 0 radical (unpaired) electrons. The standard InChI is InChI=1S/C13H16ClNO3/c1-8(2)5-12(16)15-7-9-3-4-11(14)10(6-9)13(17)18/h3-4,6,8H,5,7H2,1-2H3,(H,15,16)(H,17,18). The SMILES string of the molecule is CC(C)CC(=O)NCc1ccc(Cl)c(C(=O)O)c1. The minimum Gasteiger partial charge on any atom is -0.478 e. The summed E-state index contributed by atoms with van der Waals surface area (Å²) in [6.07, 6.45) is 0.458. The molecular weight excluding hydrogens is 254 g/mol. The van der Waals surface area contributed by atoms with Crippen LogP contribution in [-0.4, -0.2) is 17.0 Å². The average Bonchev–Trinajstić information content (AvgIpc) is 2.26. The van der Waals surface area contributed by atoms with Gasteiger partial charge >= 0.3 is 5.97 Å². The van der Waals surface area contributed by atoms with E-state index in [1.165, 1.54) is 12.1 Å². The van der Waals surface area contributed by atoms with Crippen LogP contribution in [0.1, 0.15) is 36.2 Å². The van der Waals surface area contributed by atoms with Gasteiger partial charge in [0.15, 0.2) is 0 Å². The van der Waals surface area contributed by atoms with E-state index in [2.05, 4.69) is 5.32 Å². The highest BCUT2D eigenvalue weighted by molar-refractivity contribution is 6.33. The normalized spacial score (nSPS) is 10.4. The Morgan fingerprint density at radius 2 is 2.06 bits per heavy atom. The third kappa shape index (κ3) is 4.37. The van der Waals surface area contributed by atoms with E-state index in [-0.39, 0.29) is 16.5 Å². The second-order valence-corrected chi connectivity index (χ2v) is 4.90. The molecule has 0 aliphatic heterocycles. The second kappa shape index (κ2) is 6.40. The molecule has 0 saturated heterocycles. The van der Waals surface area contributed by atoms with Gasteiger partial charge in [-0.15, -0.1) is 0 Å².